The first-order valence-corrected chi connectivity index (χ1v) is 8.99. The van der Waals surface area contributed by atoms with E-state index < -0.39 is 0 Å². The second-order valence-corrected chi connectivity index (χ2v) is 6.71. The molecule has 0 radical (unpaired) electrons. The number of benzene rings is 1. The molecule has 1 saturated heterocycles. The number of rotatable bonds is 6. The van der Waals surface area contributed by atoms with E-state index >= 15 is 0 Å². The monoisotopic (exact) mass is 317 g/mol. The van der Waals surface area contributed by atoms with Crippen molar-refractivity contribution in [2.24, 2.45) is 0 Å². The minimum atomic E-state index is 0.0336. The van der Waals surface area contributed by atoms with Crippen LogP contribution < -0.4 is 5.32 Å². The van der Waals surface area contributed by atoms with Gasteiger partial charge in [-0.25, -0.2) is 4.79 Å². The van der Waals surface area contributed by atoms with Gasteiger partial charge in [-0.15, -0.1) is 0 Å². The quantitative estimate of drug-likeness (QED) is 0.800. The van der Waals surface area contributed by atoms with Crippen molar-refractivity contribution in [3.8, 4) is 0 Å². The normalized spacial score (nSPS) is 15.9. The molecule has 1 aliphatic heterocycles. The van der Waals surface area contributed by atoms with Crippen molar-refractivity contribution in [2.75, 3.05) is 38.0 Å². The van der Waals surface area contributed by atoms with E-state index in [0.29, 0.717) is 5.92 Å². The number of carbonyl (C=O) groups is 1. The van der Waals surface area contributed by atoms with Gasteiger partial charge in [-0.2, -0.15) is 0 Å². The number of hydrogen-bond acceptors (Lipinski definition) is 2. The van der Waals surface area contributed by atoms with Crippen LogP contribution in [0.3, 0.4) is 0 Å². The highest BCUT2D eigenvalue weighted by Crippen LogP contribution is 2.24. The fraction of sp³-hybridized carbons (Fsp3) is 0.632. The molecule has 2 amide bonds. The molecule has 1 N–H and O–H groups in total. The molecule has 0 spiro atoms. The highest BCUT2D eigenvalue weighted by atomic mass is 16.2. The predicted molar refractivity (Wildman–Crippen MR) is 97.1 cm³/mol. The van der Waals surface area contributed by atoms with Crippen molar-refractivity contribution in [1.29, 1.82) is 0 Å². The summed E-state index contributed by atoms with van der Waals surface area (Å²) in [4.78, 5) is 16.9. The molecule has 0 aliphatic carbocycles. The summed E-state index contributed by atoms with van der Waals surface area (Å²) in [5, 5.41) is 3.10. The number of anilines is 1. The average molecular weight is 317 g/mol. The zero-order valence-corrected chi connectivity index (χ0v) is 14.8. The maximum absolute atomic E-state index is 12.5. The summed E-state index contributed by atoms with van der Waals surface area (Å²) in [7, 11) is 0. The lowest BCUT2D eigenvalue weighted by Crippen LogP contribution is -2.50. The van der Waals surface area contributed by atoms with E-state index in [9.17, 15) is 4.79 Å². The van der Waals surface area contributed by atoms with Crippen molar-refractivity contribution in [2.45, 2.75) is 46.0 Å². The Morgan fingerprint density at radius 2 is 1.83 bits per heavy atom. The Labute approximate surface area is 140 Å². The van der Waals surface area contributed by atoms with Crippen LogP contribution in [0, 0.1) is 0 Å². The van der Waals surface area contributed by atoms with Crippen molar-refractivity contribution in [3.63, 3.8) is 0 Å². The third kappa shape index (κ3) is 5.24. The molecule has 4 heteroatoms. The topological polar surface area (TPSA) is 35.6 Å². The van der Waals surface area contributed by atoms with E-state index in [1.807, 2.05) is 23.1 Å². The summed E-state index contributed by atoms with van der Waals surface area (Å²) in [6, 6.07) is 8.12. The fourth-order valence-corrected chi connectivity index (χ4v) is 3.07. The molecule has 1 aromatic carbocycles. The molecule has 23 heavy (non-hydrogen) atoms. The SMILES string of the molecule is CCCCCN1CCN(C(=O)Nc2ccccc2C(C)C)CC1. The van der Waals surface area contributed by atoms with Gasteiger partial charge in [0.2, 0.25) is 0 Å². The second kappa shape index (κ2) is 8.92. The largest absolute Gasteiger partial charge is 0.322 e. The van der Waals surface area contributed by atoms with Gasteiger partial charge in [0.15, 0.2) is 0 Å². The molecular formula is C19H31N3O. The van der Waals surface area contributed by atoms with Crippen LogP contribution in [0.15, 0.2) is 24.3 Å². The smallest absolute Gasteiger partial charge is 0.321 e. The fourth-order valence-electron chi connectivity index (χ4n) is 3.07. The number of piperazine rings is 1. The number of amides is 2. The molecule has 0 bridgehead atoms. The predicted octanol–water partition coefficient (Wildman–Crippen LogP) is 4.15. The van der Waals surface area contributed by atoms with Gasteiger partial charge in [0.05, 0.1) is 0 Å². The van der Waals surface area contributed by atoms with Crippen LogP contribution in [0.25, 0.3) is 0 Å². The van der Waals surface area contributed by atoms with Gasteiger partial charge >= 0.3 is 6.03 Å². The Morgan fingerprint density at radius 3 is 2.48 bits per heavy atom. The van der Waals surface area contributed by atoms with Crippen molar-refractivity contribution < 1.29 is 4.79 Å². The summed E-state index contributed by atoms with van der Waals surface area (Å²) in [6.45, 7) is 11.3. The molecule has 0 unspecified atom stereocenters. The van der Waals surface area contributed by atoms with Crippen LogP contribution >= 0.6 is 0 Å². The molecule has 128 valence electrons. The van der Waals surface area contributed by atoms with Gasteiger partial charge in [-0.05, 0) is 30.5 Å². The maximum Gasteiger partial charge on any atom is 0.321 e. The highest BCUT2D eigenvalue weighted by molar-refractivity contribution is 5.90. The second-order valence-electron chi connectivity index (χ2n) is 6.71. The number of hydrogen-bond donors (Lipinski definition) is 1. The molecular weight excluding hydrogens is 286 g/mol. The van der Waals surface area contributed by atoms with Gasteiger partial charge in [-0.1, -0.05) is 51.8 Å². The van der Waals surface area contributed by atoms with E-state index in [1.54, 1.807) is 0 Å². The van der Waals surface area contributed by atoms with Crippen LogP contribution in [0.2, 0.25) is 0 Å². The van der Waals surface area contributed by atoms with E-state index in [0.717, 1.165) is 31.9 Å². The Morgan fingerprint density at radius 1 is 1.13 bits per heavy atom. The summed E-state index contributed by atoms with van der Waals surface area (Å²) in [5.74, 6) is 0.405. The lowest BCUT2D eigenvalue weighted by Gasteiger charge is -2.34. The molecule has 0 aromatic heterocycles. The first kappa shape index (κ1) is 17.8. The van der Waals surface area contributed by atoms with Crippen molar-refractivity contribution in [1.82, 2.24) is 9.80 Å². The average Bonchev–Trinajstić information content (AvgIpc) is 2.56. The Kier molecular flexibility index (Phi) is 6.90. The lowest BCUT2D eigenvalue weighted by atomic mass is 10.0. The Bertz CT molecular complexity index is 493. The standard InChI is InChI=1S/C19H31N3O/c1-4-5-8-11-21-12-14-22(15-13-21)19(23)20-18-10-7-6-9-17(18)16(2)3/h6-7,9-10,16H,4-5,8,11-15H2,1-3H3,(H,20,23). The van der Waals surface area contributed by atoms with Gasteiger partial charge in [0.25, 0.3) is 0 Å². The minimum Gasteiger partial charge on any atom is -0.322 e. The minimum absolute atomic E-state index is 0.0336. The summed E-state index contributed by atoms with van der Waals surface area (Å²) >= 11 is 0. The van der Waals surface area contributed by atoms with E-state index in [-0.39, 0.29) is 6.03 Å². The molecule has 2 rings (SSSR count). The third-order valence-corrected chi connectivity index (χ3v) is 4.56. The number of para-hydroxylation sites is 1. The van der Waals surface area contributed by atoms with Gasteiger partial charge in [-0.3, -0.25) is 4.90 Å². The molecule has 4 nitrogen and oxygen atoms in total. The van der Waals surface area contributed by atoms with E-state index in [4.69, 9.17) is 0 Å². The Hall–Kier alpha value is -1.55. The number of carbonyl (C=O) groups excluding carboxylic acids is 1. The van der Waals surface area contributed by atoms with E-state index in [1.165, 1.54) is 31.4 Å². The summed E-state index contributed by atoms with van der Waals surface area (Å²) < 4.78 is 0. The van der Waals surface area contributed by atoms with Crippen molar-refractivity contribution in [3.05, 3.63) is 29.8 Å². The van der Waals surface area contributed by atoms with Crippen molar-refractivity contribution >= 4 is 11.7 Å². The molecule has 0 atom stereocenters. The number of nitrogens with one attached hydrogen (secondary N) is 1. The lowest BCUT2D eigenvalue weighted by molar-refractivity contribution is 0.146. The zero-order chi connectivity index (χ0) is 16.7. The molecule has 1 aromatic rings. The summed E-state index contributed by atoms with van der Waals surface area (Å²) in [5.41, 5.74) is 2.14. The molecule has 1 aliphatic rings. The highest BCUT2D eigenvalue weighted by Gasteiger charge is 2.21. The van der Waals surface area contributed by atoms with Crippen LogP contribution in [0.5, 0.6) is 0 Å². The Balaban J connectivity index is 1.84. The van der Waals surface area contributed by atoms with Crippen LogP contribution in [0.4, 0.5) is 10.5 Å². The van der Waals surface area contributed by atoms with Gasteiger partial charge in [0.1, 0.15) is 0 Å². The number of unbranched alkanes of at least 4 members (excludes halogenated alkanes) is 2. The molecule has 0 saturated carbocycles. The first-order chi connectivity index (χ1) is 11.1. The molecule has 1 heterocycles. The van der Waals surface area contributed by atoms with E-state index in [2.05, 4.69) is 37.1 Å². The third-order valence-electron chi connectivity index (χ3n) is 4.56. The number of nitrogens with zero attached hydrogens (tertiary/aromatic N) is 2. The van der Waals surface area contributed by atoms with Crippen LogP contribution in [-0.4, -0.2) is 48.6 Å². The summed E-state index contributed by atoms with van der Waals surface area (Å²) in [6.07, 6.45) is 3.83. The maximum atomic E-state index is 12.5. The van der Waals surface area contributed by atoms with Crippen LogP contribution in [0.1, 0.15) is 51.5 Å². The van der Waals surface area contributed by atoms with Gasteiger partial charge in [0, 0.05) is 31.9 Å². The zero-order valence-electron chi connectivity index (χ0n) is 14.8. The van der Waals surface area contributed by atoms with Crippen LogP contribution in [-0.2, 0) is 0 Å². The van der Waals surface area contributed by atoms with Gasteiger partial charge < -0.3 is 10.2 Å². The number of urea groups is 1. The first-order valence-electron chi connectivity index (χ1n) is 8.99. The molecule has 1 fully saturated rings.